The molecule has 27 heavy (non-hydrogen) atoms. The van der Waals surface area contributed by atoms with Crippen LogP contribution in [0.3, 0.4) is 0 Å². The van der Waals surface area contributed by atoms with E-state index in [0.717, 1.165) is 32.5 Å². The minimum Gasteiger partial charge on any atom is -0.460 e. The number of benzene rings is 1. The van der Waals surface area contributed by atoms with Crippen molar-refractivity contribution in [2.75, 3.05) is 0 Å². The van der Waals surface area contributed by atoms with Crippen LogP contribution in [0, 0.1) is 8.99 Å². The molecule has 0 aromatic heterocycles. The highest BCUT2D eigenvalue weighted by atomic mass is 127. The Balaban J connectivity index is 2.19. The lowest BCUT2D eigenvalue weighted by atomic mass is 9.68. The van der Waals surface area contributed by atoms with Crippen LogP contribution in [0.4, 0.5) is 0 Å². The van der Waals surface area contributed by atoms with Gasteiger partial charge in [-0.25, -0.2) is 4.79 Å². The Kier molecular flexibility index (Phi) is 5.52. The molecular formula is C22H26INO3. The Bertz CT molecular complexity index is 864. The molecule has 144 valence electrons. The first-order chi connectivity index (χ1) is 12.6. The number of hydrogen-bond donors (Lipinski definition) is 1. The molecule has 1 aliphatic heterocycles. The van der Waals surface area contributed by atoms with Crippen LogP contribution >= 0.6 is 22.6 Å². The zero-order valence-corrected chi connectivity index (χ0v) is 18.6. The molecule has 4 nitrogen and oxygen atoms in total. The Labute approximate surface area is 174 Å². The predicted octanol–water partition coefficient (Wildman–Crippen LogP) is 4.85. The number of esters is 1. The van der Waals surface area contributed by atoms with Crippen LogP contribution in [0.25, 0.3) is 0 Å². The summed E-state index contributed by atoms with van der Waals surface area (Å²) in [4.78, 5) is 26.1. The second-order valence-electron chi connectivity index (χ2n) is 8.41. The molecule has 1 atom stereocenters. The monoisotopic (exact) mass is 479 g/mol. The van der Waals surface area contributed by atoms with Gasteiger partial charge in [-0.05, 0) is 66.8 Å². The van der Waals surface area contributed by atoms with Gasteiger partial charge in [0.05, 0.1) is 11.7 Å². The Morgan fingerprint density at radius 2 is 1.93 bits per heavy atom. The van der Waals surface area contributed by atoms with Gasteiger partial charge in [-0.3, -0.25) is 4.79 Å². The molecule has 1 unspecified atom stereocenters. The third-order valence-corrected chi connectivity index (χ3v) is 6.00. The van der Waals surface area contributed by atoms with Crippen molar-refractivity contribution in [1.29, 1.82) is 0 Å². The molecule has 0 spiro atoms. The number of dihydropyridines is 1. The molecule has 5 heteroatoms. The van der Waals surface area contributed by atoms with E-state index in [2.05, 4.69) is 41.8 Å². The zero-order valence-electron chi connectivity index (χ0n) is 16.5. The van der Waals surface area contributed by atoms with Gasteiger partial charge in [0.1, 0.15) is 0 Å². The minimum absolute atomic E-state index is 0.0897. The Hall–Kier alpha value is -1.63. The lowest BCUT2D eigenvalue weighted by Gasteiger charge is -2.39. The van der Waals surface area contributed by atoms with E-state index >= 15 is 0 Å². The number of Topliss-reactive ketones (excluding diaryl/α,β-unsaturated/α-hetero) is 1. The second-order valence-corrected chi connectivity index (χ2v) is 9.57. The maximum absolute atomic E-state index is 13.2. The molecule has 1 aliphatic carbocycles. The summed E-state index contributed by atoms with van der Waals surface area (Å²) in [6.45, 7) is 9.79. The molecule has 1 aromatic carbocycles. The molecule has 3 rings (SSSR count). The minimum atomic E-state index is -0.385. The summed E-state index contributed by atoms with van der Waals surface area (Å²) in [6.07, 6.45) is 1.06. The van der Waals surface area contributed by atoms with E-state index in [4.69, 9.17) is 4.74 Å². The maximum Gasteiger partial charge on any atom is 0.337 e. The molecule has 1 N–H and O–H groups in total. The highest BCUT2D eigenvalue weighted by Gasteiger charge is 2.43. The summed E-state index contributed by atoms with van der Waals surface area (Å²) in [5, 5.41) is 3.36. The summed E-state index contributed by atoms with van der Waals surface area (Å²) >= 11 is 2.28. The van der Waals surface area contributed by atoms with Crippen molar-refractivity contribution >= 4 is 34.3 Å². The van der Waals surface area contributed by atoms with Crippen molar-refractivity contribution < 1.29 is 14.3 Å². The van der Waals surface area contributed by atoms with E-state index in [9.17, 15) is 9.59 Å². The van der Waals surface area contributed by atoms with Crippen molar-refractivity contribution in [3.8, 4) is 0 Å². The number of hydrogen-bond acceptors (Lipinski definition) is 4. The van der Waals surface area contributed by atoms with Gasteiger partial charge in [-0.1, -0.05) is 32.0 Å². The fourth-order valence-electron chi connectivity index (χ4n) is 4.00. The third kappa shape index (κ3) is 3.98. The number of allylic oxidation sites excluding steroid dienone is 3. The van der Waals surface area contributed by atoms with E-state index in [1.807, 2.05) is 45.0 Å². The summed E-state index contributed by atoms with van der Waals surface area (Å²) in [5.74, 6) is -0.631. The quantitative estimate of drug-likeness (QED) is 0.498. The average molecular weight is 479 g/mol. The van der Waals surface area contributed by atoms with Crippen LogP contribution in [-0.4, -0.2) is 17.9 Å². The van der Waals surface area contributed by atoms with Gasteiger partial charge >= 0.3 is 5.97 Å². The number of halogens is 1. The van der Waals surface area contributed by atoms with Crippen molar-refractivity contribution in [2.45, 2.75) is 59.5 Å². The standard InChI is InChI=1S/C22H26INO3/c1-12(2)27-21(26)18-13(3)24-16-10-22(4,5)11-17(25)20(16)19(18)14-8-6-7-9-15(14)23/h6-9,12,19,24H,10-11H2,1-5H3. The largest absolute Gasteiger partial charge is 0.460 e. The van der Waals surface area contributed by atoms with Gasteiger partial charge in [0.15, 0.2) is 5.78 Å². The van der Waals surface area contributed by atoms with E-state index in [1.54, 1.807) is 0 Å². The first kappa shape index (κ1) is 20.1. The van der Waals surface area contributed by atoms with Crippen molar-refractivity contribution in [1.82, 2.24) is 5.32 Å². The van der Waals surface area contributed by atoms with E-state index < -0.39 is 0 Å². The van der Waals surface area contributed by atoms with E-state index in [0.29, 0.717) is 12.0 Å². The summed E-state index contributed by atoms with van der Waals surface area (Å²) in [6, 6.07) is 7.94. The summed E-state index contributed by atoms with van der Waals surface area (Å²) < 4.78 is 6.57. The van der Waals surface area contributed by atoms with Gasteiger partial charge in [0, 0.05) is 32.9 Å². The maximum atomic E-state index is 13.2. The molecule has 1 heterocycles. The van der Waals surface area contributed by atoms with Gasteiger partial charge in [-0.2, -0.15) is 0 Å². The Morgan fingerprint density at radius 1 is 1.26 bits per heavy atom. The second kappa shape index (κ2) is 7.41. The van der Waals surface area contributed by atoms with Gasteiger partial charge in [-0.15, -0.1) is 0 Å². The fourth-order valence-corrected chi connectivity index (χ4v) is 4.70. The molecule has 2 aliphatic rings. The molecule has 0 saturated carbocycles. The molecule has 0 radical (unpaired) electrons. The highest BCUT2D eigenvalue weighted by Crippen LogP contribution is 2.47. The van der Waals surface area contributed by atoms with Crippen LogP contribution in [0.2, 0.25) is 0 Å². The van der Waals surface area contributed by atoms with Crippen LogP contribution in [0.15, 0.2) is 46.8 Å². The van der Waals surface area contributed by atoms with Gasteiger partial charge in [0.25, 0.3) is 0 Å². The molecular weight excluding hydrogens is 453 g/mol. The molecule has 0 fully saturated rings. The van der Waals surface area contributed by atoms with Crippen LogP contribution in [-0.2, 0) is 14.3 Å². The van der Waals surface area contributed by atoms with Gasteiger partial charge in [0.2, 0.25) is 0 Å². The predicted molar refractivity (Wildman–Crippen MR) is 114 cm³/mol. The van der Waals surface area contributed by atoms with Crippen LogP contribution < -0.4 is 5.32 Å². The molecule has 0 bridgehead atoms. The number of carbonyl (C=O) groups excluding carboxylic acids is 2. The zero-order chi connectivity index (χ0) is 19.9. The highest BCUT2D eigenvalue weighted by molar-refractivity contribution is 14.1. The van der Waals surface area contributed by atoms with Crippen LogP contribution in [0.5, 0.6) is 0 Å². The van der Waals surface area contributed by atoms with Crippen LogP contribution in [0.1, 0.15) is 58.9 Å². The number of ketones is 1. The lowest BCUT2D eigenvalue weighted by molar-refractivity contribution is -0.143. The topological polar surface area (TPSA) is 55.4 Å². The van der Waals surface area contributed by atoms with E-state index in [-0.39, 0.29) is 29.2 Å². The summed E-state index contributed by atoms with van der Waals surface area (Å²) in [7, 11) is 0. The van der Waals surface area contributed by atoms with Gasteiger partial charge < -0.3 is 10.1 Å². The average Bonchev–Trinajstić information content (AvgIpc) is 2.51. The van der Waals surface area contributed by atoms with Crippen molar-refractivity contribution in [3.05, 3.63) is 55.9 Å². The number of nitrogens with one attached hydrogen (secondary N) is 1. The summed E-state index contributed by atoms with van der Waals surface area (Å²) in [5.41, 5.74) is 3.87. The first-order valence-corrected chi connectivity index (χ1v) is 10.4. The first-order valence-electron chi connectivity index (χ1n) is 9.30. The number of carbonyl (C=O) groups is 2. The smallest absolute Gasteiger partial charge is 0.337 e. The lowest BCUT2D eigenvalue weighted by Crippen LogP contribution is -2.39. The van der Waals surface area contributed by atoms with Crippen molar-refractivity contribution in [3.63, 3.8) is 0 Å². The van der Waals surface area contributed by atoms with E-state index in [1.165, 1.54) is 0 Å². The third-order valence-electron chi connectivity index (χ3n) is 5.02. The normalized spacial score (nSPS) is 21.9. The number of rotatable bonds is 3. The molecule has 0 saturated heterocycles. The fraction of sp³-hybridized carbons (Fsp3) is 0.455. The SMILES string of the molecule is CC1=C(C(=O)OC(C)C)C(c2ccccc2I)C2=C(CC(C)(C)CC2=O)N1. The number of ether oxygens (including phenoxy) is 1. The van der Waals surface area contributed by atoms with Crippen molar-refractivity contribution in [2.24, 2.45) is 5.41 Å². The Morgan fingerprint density at radius 3 is 2.56 bits per heavy atom. The molecule has 1 aromatic rings. The molecule has 0 amide bonds.